The first kappa shape index (κ1) is 22.2. The highest BCUT2D eigenvalue weighted by molar-refractivity contribution is 7.91. The van der Waals surface area contributed by atoms with Crippen molar-refractivity contribution in [2.75, 3.05) is 0 Å². The third-order valence-corrected chi connectivity index (χ3v) is 5.83. The van der Waals surface area contributed by atoms with Crippen molar-refractivity contribution in [3.8, 4) is 11.5 Å². The van der Waals surface area contributed by atoms with E-state index in [9.17, 15) is 18.0 Å². The molecule has 0 radical (unpaired) electrons. The highest BCUT2D eigenvalue weighted by atomic mass is 32.2. The molecular weight excluding hydrogens is 400 g/mol. The molecule has 2 aromatic rings. The van der Waals surface area contributed by atoms with E-state index in [0.29, 0.717) is 0 Å². The number of hydrogen-bond acceptors (Lipinski definition) is 6. The van der Waals surface area contributed by atoms with Gasteiger partial charge in [-0.25, -0.2) is 18.0 Å². The molecule has 0 atom stereocenters. The molecule has 0 unspecified atom stereocenters. The standard InChI is InChI=1S/C20H22O8S/c1-19(2,17(21)22)27-13-5-9-15(10-6-13)29(25,26)16-11-7-14(8-12-16)28-20(3,4)18(23)24/h5-12H,1-4H3,(H,21,22)(H,23,24). The van der Waals surface area contributed by atoms with Crippen LogP contribution in [0.15, 0.2) is 58.3 Å². The number of aliphatic carboxylic acids is 2. The van der Waals surface area contributed by atoms with Crippen molar-refractivity contribution >= 4 is 21.8 Å². The summed E-state index contributed by atoms with van der Waals surface area (Å²) in [6.07, 6.45) is 0. The Kier molecular flexibility index (Phi) is 5.94. The summed E-state index contributed by atoms with van der Waals surface area (Å²) < 4.78 is 36.3. The Balaban J connectivity index is 2.22. The summed E-state index contributed by atoms with van der Waals surface area (Å²) in [5.74, 6) is -1.86. The number of benzene rings is 2. The van der Waals surface area contributed by atoms with Crippen LogP contribution in [-0.4, -0.2) is 41.8 Å². The minimum absolute atomic E-state index is 0.00230. The Hall–Kier alpha value is -3.07. The fourth-order valence-corrected chi connectivity index (χ4v) is 3.45. The van der Waals surface area contributed by atoms with Gasteiger partial charge in [0.25, 0.3) is 0 Å². The predicted octanol–water partition coefficient (Wildman–Crippen LogP) is 3.00. The number of hydrogen-bond donors (Lipinski definition) is 2. The van der Waals surface area contributed by atoms with Gasteiger partial charge in [0.2, 0.25) is 9.84 Å². The molecule has 0 bridgehead atoms. The summed E-state index contributed by atoms with van der Waals surface area (Å²) in [5, 5.41) is 18.2. The second-order valence-corrected chi connectivity index (χ2v) is 9.23. The van der Waals surface area contributed by atoms with E-state index in [1.54, 1.807) is 0 Å². The molecule has 2 aromatic carbocycles. The van der Waals surface area contributed by atoms with Crippen molar-refractivity contribution in [1.82, 2.24) is 0 Å². The van der Waals surface area contributed by atoms with Crippen LogP contribution in [0, 0.1) is 0 Å². The molecule has 0 spiro atoms. The first-order valence-electron chi connectivity index (χ1n) is 8.56. The second-order valence-electron chi connectivity index (χ2n) is 7.28. The summed E-state index contributed by atoms with van der Waals surface area (Å²) in [6, 6.07) is 10.8. The third-order valence-electron chi connectivity index (χ3n) is 4.04. The van der Waals surface area contributed by atoms with Gasteiger partial charge in [-0.2, -0.15) is 0 Å². The smallest absolute Gasteiger partial charge is 0.347 e. The van der Waals surface area contributed by atoms with Gasteiger partial charge >= 0.3 is 11.9 Å². The normalized spacial score (nSPS) is 12.3. The molecule has 2 rings (SSSR count). The molecule has 0 aromatic heterocycles. The fraction of sp³-hybridized carbons (Fsp3) is 0.300. The van der Waals surface area contributed by atoms with E-state index in [2.05, 4.69) is 0 Å². The number of ether oxygens (including phenoxy) is 2. The van der Waals surface area contributed by atoms with E-state index < -0.39 is 33.0 Å². The highest BCUT2D eigenvalue weighted by Crippen LogP contribution is 2.27. The number of carboxylic acids is 2. The third kappa shape index (κ3) is 5.05. The molecule has 0 saturated carbocycles. The van der Waals surface area contributed by atoms with Crippen LogP contribution < -0.4 is 9.47 Å². The zero-order valence-electron chi connectivity index (χ0n) is 16.4. The Morgan fingerprint density at radius 2 is 0.966 bits per heavy atom. The number of sulfone groups is 1. The van der Waals surface area contributed by atoms with Crippen LogP contribution in [0.3, 0.4) is 0 Å². The monoisotopic (exact) mass is 422 g/mol. The molecular formula is C20H22O8S. The quantitative estimate of drug-likeness (QED) is 0.665. The van der Waals surface area contributed by atoms with Gasteiger partial charge in [-0.1, -0.05) is 0 Å². The number of carbonyl (C=O) groups is 2. The van der Waals surface area contributed by atoms with E-state index in [-0.39, 0.29) is 21.3 Å². The lowest BCUT2D eigenvalue weighted by Gasteiger charge is -2.21. The molecule has 29 heavy (non-hydrogen) atoms. The molecule has 0 amide bonds. The Morgan fingerprint density at radius 3 is 1.21 bits per heavy atom. The van der Waals surface area contributed by atoms with Crippen LogP contribution in [0.4, 0.5) is 0 Å². The van der Waals surface area contributed by atoms with Crippen molar-refractivity contribution in [2.45, 2.75) is 48.7 Å². The van der Waals surface area contributed by atoms with Crippen molar-refractivity contribution in [3.63, 3.8) is 0 Å². The van der Waals surface area contributed by atoms with Gasteiger partial charge in [0.05, 0.1) is 9.79 Å². The van der Waals surface area contributed by atoms with Gasteiger partial charge in [-0.05, 0) is 76.2 Å². The maximum Gasteiger partial charge on any atom is 0.347 e. The summed E-state index contributed by atoms with van der Waals surface area (Å²) in [7, 11) is -3.84. The zero-order chi connectivity index (χ0) is 22.0. The van der Waals surface area contributed by atoms with E-state index in [1.807, 2.05) is 0 Å². The number of carboxylic acid groups (broad SMARTS) is 2. The van der Waals surface area contributed by atoms with E-state index >= 15 is 0 Å². The topological polar surface area (TPSA) is 127 Å². The van der Waals surface area contributed by atoms with Crippen LogP contribution in [0.25, 0.3) is 0 Å². The minimum atomic E-state index is -3.84. The van der Waals surface area contributed by atoms with Crippen LogP contribution in [0.2, 0.25) is 0 Å². The maximum atomic E-state index is 12.8. The molecule has 0 aliphatic rings. The molecule has 8 nitrogen and oxygen atoms in total. The van der Waals surface area contributed by atoms with E-state index in [4.69, 9.17) is 19.7 Å². The Morgan fingerprint density at radius 1 is 0.690 bits per heavy atom. The summed E-state index contributed by atoms with van der Waals surface area (Å²) in [5.41, 5.74) is -2.92. The predicted molar refractivity (Wildman–Crippen MR) is 103 cm³/mol. The van der Waals surface area contributed by atoms with Gasteiger partial charge in [0.15, 0.2) is 11.2 Å². The van der Waals surface area contributed by atoms with Crippen LogP contribution in [0.5, 0.6) is 11.5 Å². The summed E-state index contributed by atoms with van der Waals surface area (Å²) in [4.78, 5) is 22.2. The average Bonchev–Trinajstić information content (AvgIpc) is 2.61. The first-order chi connectivity index (χ1) is 13.3. The van der Waals surface area contributed by atoms with Crippen LogP contribution >= 0.6 is 0 Å². The average molecular weight is 422 g/mol. The fourth-order valence-electron chi connectivity index (χ4n) is 2.19. The largest absolute Gasteiger partial charge is 0.478 e. The molecule has 0 aliphatic carbocycles. The summed E-state index contributed by atoms with van der Waals surface area (Å²) >= 11 is 0. The molecule has 0 saturated heterocycles. The maximum absolute atomic E-state index is 12.8. The Bertz CT molecular complexity index is 926. The lowest BCUT2D eigenvalue weighted by Crippen LogP contribution is -2.37. The molecule has 156 valence electrons. The SMILES string of the molecule is CC(C)(Oc1ccc(S(=O)(=O)c2ccc(OC(C)(C)C(=O)O)cc2)cc1)C(=O)O. The molecule has 2 N–H and O–H groups in total. The number of rotatable bonds is 8. The van der Waals surface area contributed by atoms with E-state index in [1.165, 1.54) is 76.2 Å². The molecule has 0 heterocycles. The first-order valence-corrected chi connectivity index (χ1v) is 10.0. The van der Waals surface area contributed by atoms with Gasteiger partial charge in [0, 0.05) is 0 Å². The summed E-state index contributed by atoms with van der Waals surface area (Å²) in [6.45, 7) is 5.54. The van der Waals surface area contributed by atoms with Crippen molar-refractivity contribution in [3.05, 3.63) is 48.5 Å². The lowest BCUT2D eigenvalue weighted by atomic mass is 10.1. The van der Waals surface area contributed by atoms with Gasteiger partial charge < -0.3 is 19.7 Å². The van der Waals surface area contributed by atoms with Crippen molar-refractivity contribution < 1.29 is 37.7 Å². The highest BCUT2D eigenvalue weighted by Gasteiger charge is 2.30. The Labute approximate surface area is 168 Å². The van der Waals surface area contributed by atoms with Gasteiger partial charge in [-0.3, -0.25) is 0 Å². The van der Waals surface area contributed by atoms with Crippen LogP contribution in [0.1, 0.15) is 27.7 Å². The zero-order valence-corrected chi connectivity index (χ0v) is 17.2. The molecule has 9 heteroatoms. The van der Waals surface area contributed by atoms with Crippen LogP contribution in [-0.2, 0) is 19.4 Å². The van der Waals surface area contributed by atoms with Crippen molar-refractivity contribution in [2.24, 2.45) is 0 Å². The lowest BCUT2D eigenvalue weighted by molar-refractivity contribution is -0.152. The van der Waals surface area contributed by atoms with E-state index in [0.717, 1.165) is 0 Å². The second kappa shape index (κ2) is 7.75. The molecule has 0 fully saturated rings. The van der Waals surface area contributed by atoms with Gasteiger partial charge in [-0.15, -0.1) is 0 Å². The minimum Gasteiger partial charge on any atom is -0.478 e. The molecule has 0 aliphatic heterocycles. The van der Waals surface area contributed by atoms with Crippen molar-refractivity contribution in [1.29, 1.82) is 0 Å². The van der Waals surface area contributed by atoms with Gasteiger partial charge in [0.1, 0.15) is 11.5 Å².